The van der Waals surface area contributed by atoms with Crippen LogP contribution in [0.2, 0.25) is 5.02 Å². The van der Waals surface area contributed by atoms with Crippen LogP contribution in [0.15, 0.2) is 42.0 Å². The van der Waals surface area contributed by atoms with Gasteiger partial charge in [0.25, 0.3) is 0 Å². The molecule has 0 saturated carbocycles. The minimum absolute atomic E-state index is 0.141. The zero-order chi connectivity index (χ0) is 13.4. The van der Waals surface area contributed by atoms with Crippen LogP contribution in [0.5, 0.6) is 5.75 Å². The van der Waals surface area contributed by atoms with E-state index in [1.54, 1.807) is 12.1 Å². The van der Waals surface area contributed by atoms with E-state index in [0.29, 0.717) is 5.02 Å². The fourth-order valence-electron chi connectivity index (χ4n) is 0.999. The highest BCUT2D eigenvalue weighted by molar-refractivity contribution is 6.32. The lowest BCUT2D eigenvalue weighted by Crippen LogP contribution is -1.81. The molecule has 0 unspecified atom stereocenters. The van der Waals surface area contributed by atoms with Crippen molar-refractivity contribution in [2.24, 2.45) is 0 Å². The van der Waals surface area contributed by atoms with Crippen molar-refractivity contribution < 1.29 is 5.11 Å². The first kappa shape index (κ1) is 15.8. The first-order chi connectivity index (χ1) is 7.82. The standard InChI is InChI=1S/C11H13ClO.C4H8/c1-8(2)3-4-9-5-6-11(13)10(12)7-9;1-4(2)3/h3,5-7,13H,4H2,1-2H3;1H2,2-3H3. The van der Waals surface area contributed by atoms with Crippen molar-refractivity contribution in [1.82, 2.24) is 0 Å². The zero-order valence-electron chi connectivity index (χ0n) is 11.0. The molecule has 17 heavy (non-hydrogen) atoms. The summed E-state index contributed by atoms with van der Waals surface area (Å²) in [6.07, 6.45) is 2.99. The molecule has 0 fully saturated rings. The number of rotatable bonds is 2. The highest BCUT2D eigenvalue weighted by atomic mass is 35.5. The Morgan fingerprint density at radius 1 is 1.29 bits per heavy atom. The van der Waals surface area contributed by atoms with E-state index < -0.39 is 0 Å². The number of allylic oxidation sites excluding steroid dienone is 3. The molecule has 1 N–H and O–H groups in total. The zero-order valence-corrected chi connectivity index (χ0v) is 11.8. The minimum Gasteiger partial charge on any atom is -0.506 e. The molecule has 0 amide bonds. The Morgan fingerprint density at radius 2 is 1.82 bits per heavy atom. The lowest BCUT2D eigenvalue weighted by Gasteiger charge is -2.00. The Morgan fingerprint density at radius 3 is 2.24 bits per heavy atom. The molecule has 0 aliphatic heterocycles. The monoisotopic (exact) mass is 252 g/mol. The van der Waals surface area contributed by atoms with E-state index in [1.807, 2.05) is 19.9 Å². The molecule has 0 aliphatic rings. The van der Waals surface area contributed by atoms with Crippen molar-refractivity contribution in [2.75, 3.05) is 0 Å². The van der Waals surface area contributed by atoms with Crippen molar-refractivity contribution >= 4 is 11.6 Å². The van der Waals surface area contributed by atoms with Crippen LogP contribution in [0.25, 0.3) is 0 Å². The van der Waals surface area contributed by atoms with Crippen molar-refractivity contribution in [3.63, 3.8) is 0 Å². The van der Waals surface area contributed by atoms with Crippen molar-refractivity contribution in [3.05, 3.63) is 52.6 Å². The van der Waals surface area contributed by atoms with E-state index >= 15 is 0 Å². The summed E-state index contributed by atoms with van der Waals surface area (Å²) in [6, 6.07) is 5.29. The smallest absolute Gasteiger partial charge is 0.134 e. The average Bonchev–Trinajstić information content (AvgIpc) is 2.19. The number of phenolic OH excluding ortho intramolecular Hbond substituents is 1. The SMILES string of the molecule is C=C(C)C.CC(C)=CCc1ccc(O)c(Cl)c1. The predicted octanol–water partition coefficient (Wildman–Crippen LogP) is 5.14. The summed E-state index contributed by atoms with van der Waals surface area (Å²) in [5, 5.41) is 9.59. The highest BCUT2D eigenvalue weighted by Crippen LogP contribution is 2.23. The number of hydrogen-bond donors (Lipinski definition) is 1. The fraction of sp³-hybridized carbons (Fsp3) is 0.333. The molecule has 1 aromatic carbocycles. The van der Waals surface area contributed by atoms with Gasteiger partial charge in [0.15, 0.2) is 0 Å². The van der Waals surface area contributed by atoms with E-state index in [1.165, 1.54) is 11.1 Å². The summed E-state index contributed by atoms with van der Waals surface area (Å²) in [6.45, 7) is 11.6. The third-order valence-electron chi connectivity index (χ3n) is 1.76. The second-order valence-electron chi connectivity index (χ2n) is 4.48. The number of hydrogen-bond acceptors (Lipinski definition) is 1. The van der Waals surface area contributed by atoms with Gasteiger partial charge in [0.1, 0.15) is 5.75 Å². The summed E-state index contributed by atoms with van der Waals surface area (Å²) < 4.78 is 0. The molecule has 0 aromatic heterocycles. The third kappa shape index (κ3) is 8.58. The van der Waals surface area contributed by atoms with Crippen molar-refractivity contribution in [3.8, 4) is 5.75 Å². The van der Waals surface area contributed by atoms with Crippen LogP contribution in [-0.2, 0) is 6.42 Å². The van der Waals surface area contributed by atoms with Gasteiger partial charge < -0.3 is 5.11 Å². The number of benzene rings is 1. The molecule has 0 radical (unpaired) electrons. The molecule has 0 heterocycles. The fourth-order valence-corrected chi connectivity index (χ4v) is 1.20. The van der Waals surface area contributed by atoms with Gasteiger partial charge in [0.05, 0.1) is 5.02 Å². The van der Waals surface area contributed by atoms with E-state index in [2.05, 4.69) is 26.5 Å². The lowest BCUT2D eigenvalue weighted by molar-refractivity contribution is 0.475. The van der Waals surface area contributed by atoms with E-state index in [9.17, 15) is 5.11 Å². The molecular weight excluding hydrogens is 232 g/mol. The van der Waals surface area contributed by atoms with Gasteiger partial charge in [-0.3, -0.25) is 0 Å². The van der Waals surface area contributed by atoms with E-state index in [0.717, 1.165) is 12.0 Å². The first-order valence-corrected chi connectivity index (χ1v) is 5.93. The Hall–Kier alpha value is -1.21. The van der Waals surface area contributed by atoms with Gasteiger partial charge in [-0.05, 0) is 51.8 Å². The minimum atomic E-state index is 0.141. The highest BCUT2D eigenvalue weighted by Gasteiger charge is 1.98. The van der Waals surface area contributed by atoms with Gasteiger partial charge in [0, 0.05) is 0 Å². The van der Waals surface area contributed by atoms with Gasteiger partial charge in [-0.2, -0.15) is 0 Å². The van der Waals surface area contributed by atoms with Crippen LogP contribution >= 0.6 is 11.6 Å². The Bertz CT molecular complexity index is 397. The van der Waals surface area contributed by atoms with Gasteiger partial charge >= 0.3 is 0 Å². The van der Waals surface area contributed by atoms with Crippen LogP contribution in [0.4, 0.5) is 0 Å². The Balaban J connectivity index is 0.000000557. The van der Waals surface area contributed by atoms with Gasteiger partial charge in [0.2, 0.25) is 0 Å². The molecule has 0 saturated heterocycles. The third-order valence-corrected chi connectivity index (χ3v) is 2.06. The molecule has 1 rings (SSSR count). The van der Waals surface area contributed by atoms with Gasteiger partial charge in [-0.1, -0.05) is 34.9 Å². The summed E-state index contributed by atoms with van der Waals surface area (Å²) >= 11 is 5.76. The van der Waals surface area contributed by atoms with Crippen LogP contribution < -0.4 is 0 Å². The number of aromatic hydroxyl groups is 1. The quantitative estimate of drug-likeness (QED) is 0.723. The summed E-state index contributed by atoms with van der Waals surface area (Å²) in [7, 11) is 0. The molecule has 94 valence electrons. The molecule has 0 bridgehead atoms. The molecule has 0 atom stereocenters. The predicted molar refractivity (Wildman–Crippen MR) is 76.7 cm³/mol. The van der Waals surface area contributed by atoms with Crippen LogP contribution in [-0.4, -0.2) is 5.11 Å². The molecule has 0 spiro atoms. The second-order valence-corrected chi connectivity index (χ2v) is 4.89. The maximum atomic E-state index is 9.17. The van der Waals surface area contributed by atoms with E-state index in [4.69, 9.17) is 11.6 Å². The van der Waals surface area contributed by atoms with Crippen LogP contribution in [0.3, 0.4) is 0 Å². The molecule has 1 aromatic rings. The molecule has 1 nitrogen and oxygen atoms in total. The number of phenols is 1. The summed E-state index contributed by atoms with van der Waals surface area (Å²) in [5.41, 5.74) is 3.56. The van der Waals surface area contributed by atoms with Crippen LogP contribution in [0.1, 0.15) is 33.3 Å². The van der Waals surface area contributed by atoms with Crippen molar-refractivity contribution in [2.45, 2.75) is 34.1 Å². The van der Waals surface area contributed by atoms with Gasteiger partial charge in [-0.15, -0.1) is 6.58 Å². The summed E-state index contributed by atoms with van der Waals surface area (Å²) in [5.74, 6) is 0.141. The van der Waals surface area contributed by atoms with Gasteiger partial charge in [-0.25, -0.2) is 0 Å². The molecular formula is C15H21ClO. The topological polar surface area (TPSA) is 20.2 Å². The molecule has 2 heteroatoms. The van der Waals surface area contributed by atoms with E-state index in [-0.39, 0.29) is 5.75 Å². The Labute approximate surface area is 109 Å². The maximum absolute atomic E-state index is 9.17. The lowest BCUT2D eigenvalue weighted by atomic mass is 10.1. The average molecular weight is 253 g/mol. The first-order valence-electron chi connectivity index (χ1n) is 5.55. The Kier molecular flexibility index (Phi) is 7.40. The number of halogens is 1. The summed E-state index contributed by atoms with van der Waals surface area (Å²) in [4.78, 5) is 0. The normalized spacial score (nSPS) is 9.00. The van der Waals surface area contributed by atoms with Crippen LogP contribution in [0, 0.1) is 0 Å². The second kappa shape index (κ2) is 7.97. The maximum Gasteiger partial charge on any atom is 0.134 e. The largest absolute Gasteiger partial charge is 0.506 e. The molecule has 0 aliphatic carbocycles. The van der Waals surface area contributed by atoms with Crippen molar-refractivity contribution in [1.29, 1.82) is 0 Å².